The van der Waals surface area contributed by atoms with Crippen molar-refractivity contribution in [3.05, 3.63) is 53.0 Å². The summed E-state index contributed by atoms with van der Waals surface area (Å²) >= 11 is 1.60. The van der Waals surface area contributed by atoms with Crippen LogP contribution in [-0.4, -0.2) is 15.9 Å². The van der Waals surface area contributed by atoms with Crippen molar-refractivity contribution in [2.75, 3.05) is 5.32 Å². The lowest BCUT2D eigenvalue weighted by Crippen LogP contribution is -2.12. The fourth-order valence-electron chi connectivity index (χ4n) is 2.97. The van der Waals surface area contributed by atoms with Crippen molar-refractivity contribution in [2.24, 2.45) is 0 Å². The standard InChI is InChI=1S/C19H19N3O2S/c23-17(22-19-21-14-8-4-5-9-16(14)25-19)10-11-18-20-12-15(24-18)13-6-2-1-3-7-13/h1-3,6-7,12H,4-5,8-11H2,(H,21,22,23). The molecule has 1 aliphatic carbocycles. The maximum atomic E-state index is 12.2. The topological polar surface area (TPSA) is 68.0 Å². The molecule has 1 aromatic carbocycles. The number of carbonyl (C=O) groups is 1. The van der Waals surface area contributed by atoms with Crippen LogP contribution in [0.1, 0.15) is 35.7 Å². The number of aryl methyl sites for hydroxylation is 3. The van der Waals surface area contributed by atoms with E-state index in [0.717, 1.165) is 29.9 Å². The second-order valence-corrected chi connectivity index (χ2v) is 7.21. The minimum Gasteiger partial charge on any atom is -0.441 e. The first-order chi connectivity index (χ1) is 12.3. The smallest absolute Gasteiger partial charge is 0.226 e. The Balaban J connectivity index is 1.33. The predicted molar refractivity (Wildman–Crippen MR) is 97.6 cm³/mol. The number of hydrogen-bond donors (Lipinski definition) is 1. The van der Waals surface area contributed by atoms with Gasteiger partial charge < -0.3 is 9.73 Å². The van der Waals surface area contributed by atoms with Crippen molar-refractivity contribution in [2.45, 2.75) is 38.5 Å². The van der Waals surface area contributed by atoms with E-state index < -0.39 is 0 Å². The first-order valence-electron chi connectivity index (χ1n) is 8.56. The Hall–Kier alpha value is -2.47. The van der Waals surface area contributed by atoms with Gasteiger partial charge in [0.2, 0.25) is 5.91 Å². The molecular formula is C19H19N3O2S. The zero-order valence-electron chi connectivity index (χ0n) is 13.8. The third kappa shape index (κ3) is 3.79. The highest BCUT2D eigenvalue weighted by Gasteiger charge is 2.16. The molecule has 2 heterocycles. The Morgan fingerprint density at radius 1 is 1.20 bits per heavy atom. The van der Waals surface area contributed by atoms with Crippen molar-refractivity contribution >= 4 is 22.4 Å². The molecule has 2 aromatic heterocycles. The van der Waals surface area contributed by atoms with Crippen LogP contribution in [-0.2, 0) is 24.1 Å². The third-order valence-electron chi connectivity index (χ3n) is 4.27. The van der Waals surface area contributed by atoms with Gasteiger partial charge in [0.25, 0.3) is 0 Å². The highest BCUT2D eigenvalue weighted by atomic mass is 32.1. The molecule has 6 heteroatoms. The van der Waals surface area contributed by atoms with Crippen molar-refractivity contribution in [1.82, 2.24) is 9.97 Å². The number of fused-ring (bicyclic) bond motifs is 1. The average Bonchev–Trinajstić information content (AvgIpc) is 3.27. The molecule has 1 aliphatic rings. The largest absolute Gasteiger partial charge is 0.441 e. The zero-order valence-corrected chi connectivity index (χ0v) is 14.6. The number of anilines is 1. The van der Waals surface area contributed by atoms with Crippen LogP contribution in [0.4, 0.5) is 5.13 Å². The number of rotatable bonds is 5. The van der Waals surface area contributed by atoms with E-state index in [0.29, 0.717) is 23.9 Å². The molecule has 128 valence electrons. The summed E-state index contributed by atoms with van der Waals surface area (Å²) in [4.78, 5) is 22.3. The fourth-order valence-corrected chi connectivity index (χ4v) is 4.04. The van der Waals surface area contributed by atoms with Crippen LogP contribution in [0.2, 0.25) is 0 Å². The molecule has 0 unspecified atom stereocenters. The first kappa shape index (κ1) is 16.0. The Morgan fingerprint density at radius 2 is 2.04 bits per heavy atom. The van der Waals surface area contributed by atoms with Gasteiger partial charge in [-0.2, -0.15) is 0 Å². The monoisotopic (exact) mass is 353 g/mol. The Kier molecular flexibility index (Phi) is 4.61. The number of amides is 1. The van der Waals surface area contributed by atoms with Gasteiger partial charge in [-0.3, -0.25) is 4.79 Å². The van der Waals surface area contributed by atoms with Gasteiger partial charge in [0.05, 0.1) is 11.9 Å². The molecule has 0 radical (unpaired) electrons. The van der Waals surface area contributed by atoms with Crippen LogP contribution in [0.5, 0.6) is 0 Å². The van der Waals surface area contributed by atoms with E-state index in [4.69, 9.17) is 4.42 Å². The summed E-state index contributed by atoms with van der Waals surface area (Å²) in [5.74, 6) is 1.25. The van der Waals surface area contributed by atoms with Gasteiger partial charge in [-0.15, -0.1) is 11.3 Å². The molecule has 0 bridgehead atoms. The SMILES string of the molecule is O=C(CCc1ncc(-c2ccccc2)o1)Nc1nc2c(s1)CCCC2. The molecule has 5 nitrogen and oxygen atoms in total. The minimum absolute atomic E-state index is 0.0504. The zero-order chi connectivity index (χ0) is 17.1. The highest BCUT2D eigenvalue weighted by Crippen LogP contribution is 2.29. The van der Waals surface area contributed by atoms with Crippen LogP contribution in [0, 0.1) is 0 Å². The Morgan fingerprint density at radius 3 is 2.88 bits per heavy atom. The molecule has 1 amide bonds. The Bertz CT molecular complexity index is 846. The molecular weight excluding hydrogens is 334 g/mol. The lowest BCUT2D eigenvalue weighted by Gasteiger charge is -2.06. The van der Waals surface area contributed by atoms with Crippen LogP contribution in [0.3, 0.4) is 0 Å². The summed E-state index contributed by atoms with van der Waals surface area (Å²) < 4.78 is 5.73. The van der Waals surface area contributed by atoms with Gasteiger partial charge in [-0.05, 0) is 25.7 Å². The summed E-state index contributed by atoms with van der Waals surface area (Å²) in [7, 11) is 0. The molecule has 0 fully saturated rings. The van der Waals surface area contributed by atoms with Gasteiger partial charge in [0.1, 0.15) is 0 Å². The van der Waals surface area contributed by atoms with Crippen LogP contribution in [0.25, 0.3) is 11.3 Å². The number of hydrogen-bond acceptors (Lipinski definition) is 5. The number of benzene rings is 1. The summed E-state index contributed by atoms with van der Waals surface area (Å²) in [6, 6.07) is 9.82. The number of thiazole rings is 1. The number of carbonyl (C=O) groups excluding carboxylic acids is 1. The van der Waals surface area contributed by atoms with Crippen molar-refractivity contribution in [3.8, 4) is 11.3 Å². The van der Waals surface area contributed by atoms with E-state index in [1.807, 2.05) is 30.3 Å². The number of oxazole rings is 1. The molecule has 0 saturated carbocycles. The molecule has 4 rings (SSSR count). The fraction of sp³-hybridized carbons (Fsp3) is 0.316. The van der Waals surface area contributed by atoms with Gasteiger partial charge in [-0.1, -0.05) is 30.3 Å². The van der Waals surface area contributed by atoms with E-state index in [9.17, 15) is 4.79 Å². The lowest BCUT2D eigenvalue weighted by molar-refractivity contribution is -0.116. The molecule has 0 saturated heterocycles. The number of aromatic nitrogens is 2. The van der Waals surface area contributed by atoms with Crippen LogP contribution < -0.4 is 5.32 Å². The average molecular weight is 353 g/mol. The molecule has 0 spiro atoms. The van der Waals surface area contributed by atoms with Crippen LogP contribution >= 0.6 is 11.3 Å². The number of nitrogens with zero attached hydrogens (tertiary/aromatic N) is 2. The van der Waals surface area contributed by atoms with E-state index >= 15 is 0 Å². The predicted octanol–water partition coefficient (Wildman–Crippen LogP) is 4.25. The minimum atomic E-state index is -0.0504. The highest BCUT2D eigenvalue weighted by molar-refractivity contribution is 7.15. The molecule has 1 N–H and O–H groups in total. The molecule has 0 aliphatic heterocycles. The summed E-state index contributed by atoms with van der Waals surface area (Å²) in [6.45, 7) is 0. The Labute approximate surface area is 150 Å². The van der Waals surface area contributed by atoms with Gasteiger partial charge in [0, 0.05) is 23.3 Å². The van der Waals surface area contributed by atoms with Crippen LogP contribution in [0.15, 0.2) is 40.9 Å². The van der Waals surface area contributed by atoms with Crippen molar-refractivity contribution in [3.63, 3.8) is 0 Å². The van der Waals surface area contributed by atoms with Gasteiger partial charge in [0.15, 0.2) is 16.8 Å². The van der Waals surface area contributed by atoms with Gasteiger partial charge >= 0.3 is 0 Å². The second-order valence-electron chi connectivity index (χ2n) is 6.13. The summed E-state index contributed by atoms with van der Waals surface area (Å²) in [5.41, 5.74) is 2.14. The maximum Gasteiger partial charge on any atom is 0.226 e. The van der Waals surface area contributed by atoms with E-state index in [-0.39, 0.29) is 5.91 Å². The lowest BCUT2D eigenvalue weighted by atomic mass is 10.0. The normalized spacial score (nSPS) is 13.4. The first-order valence-corrected chi connectivity index (χ1v) is 9.38. The van der Waals surface area contributed by atoms with E-state index in [2.05, 4.69) is 15.3 Å². The summed E-state index contributed by atoms with van der Waals surface area (Å²) in [6.07, 6.45) is 7.04. The van der Waals surface area contributed by atoms with Crippen molar-refractivity contribution in [1.29, 1.82) is 0 Å². The quantitative estimate of drug-likeness (QED) is 0.744. The molecule has 25 heavy (non-hydrogen) atoms. The van der Waals surface area contributed by atoms with Gasteiger partial charge in [-0.25, -0.2) is 9.97 Å². The van der Waals surface area contributed by atoms with E-state index in [1.54, 1.807) is 17.5 Å². The summed E-state index contributed by atoms with van der Waals surface area (Å²) in [5, 5.41) is 3.62. The molecule has 0 atom stereocenters. The third-order valence-corrected chi connectivity index (χ3v) is 5.34. The number of nitrogens with one attached hydrogen (secondary N) is 1. The van der Waals surface area contributed by atoms with Crippen molar-refractivity contribution < 1.29 is 9.21 Å². The van der Waals surface area contributed by atoms with E-state index in [1.165, 1.54) is 17.7 Å². The second kappa shape index (κ2) is 7.19. The maximum absolute atomic E-state index is 12.2. The molecule has 3 aromatic rings.